The van der Waals surface area contributed by atoms with Crippen molar-refractivity contribution in [3.05, 3.63) is 96.2 Å². The quantitative estimate of drug-likeness (QED) is 0.338. The van der Waals surface area contributed by atoms with E-state index in [1.165, 1.54) is 42.7 Å². The van der Waals surface area contributed by atoms with E-state index in [0.29, 0.717) is 11.1 Å². The molecule has 0 fully saturated rings. The standard InChI is InChI=1S/C23H17FN6O4/c24-17-8-4-7-16(13-17)19-18(14-5-2-1-3-6-14)20(30(28-19)29-23(33)34)22(32)27-26-21(31)15-9-11-25-12-10-15/h1-13,29H,(H,26,31)(H,27,32)(H,33,34). The third-order valence-electron chi connectivity index (χ3n) is 4.69. The molecule has 0 saturated heterocycles. The Morgan fingerprint density at radius 2 is 1.53 bits per heavy atom. The fourth-order valence-electron chi connectivity index (χ4n) is 3.26. The monoisotopic (exact) mass is 460 g/mol. The summed E-state index contributed by atoms with van der Waals surface area (Å²) in [7, 11) is 0. The van der Waals surface area contributed by atoms with Gasteiger partial charge in [-0.05, 0) is 29.8 Å². The third kappa shape index (κ3) is 4.72. The van der Waals surface area contributed by atoms with E-state index in [9.17, 15) is 23.9 Å². The highest BCUT2D eigenvalue weighted by Gasteiger charge is 2.27. The molecule has 11 heteroatoms. The van der Waals surface area contributed by atoms with Crippen molar-refractivity contribution in [3.63, 3.8) is 0 Å². The normalized spacial score (nSPS) is 10.4. The maximum absolute atomic E-state index is 14.0. The van der Waals surface area contributed by atoms with Crippen molar-refractivity contribution in [3.8, 4) is 22.4 Å². The molecule has 0 saturated carbocycles. The van der Waals surface area contributed by atoms with Crippen LogP contribution in [-0.4, -0.2) is 37.9 Å². The number of carbonyl (C=O) groups is 3. The molecule has 4 aromatic rings. The molecule has 0 radical (unpaired) electrons. The van der Waals surface area contributed by atoms with Crippen LogP contribution in [0.25, 0.3) is 22.4 Å². The molecule has 10 nitrogen and oxygen atoms in total. The fourth-order valence-corrected chi connectivity index (χ4v) is 3.26. The number of hydrazine groups is 1. The van der Waals surface area contributed by atoms with E-state index in [0.717, 1.165) is 4.79 Å². The number of nitrogens with zero attached hydrogens (tertiary/aromatic N) is 3. The van der Waals surface area contributed by atoms with Gasteiger partial charge in [0.15, 0.2) is 5.69 Å². The summed E-state index contributed by atoms with van der Waals surface area (Å²) in [5.74, 6) is -2.00. The van der Waals surface area contributed by atoms with Crippen molar-refractivity contribution < 1.29 is 23.9 Å². The topological polar surface area (TPSA) is 138 Å². The first-order valence-corrected chi connectivity index (χ1v) is 9.89. The summed E-state index contributed by atoms with van der Waals surface area (Å²) in [4.78, 5) is 41.5. The Hall–Kier alpha value is -5.06. The van der Waals surface area contributed by atoms with Crippen LogP contribution in [0, 0.1) is 5.82 Å². The molecule has 170 valence electrons. The minimum absolute atomic E-state index is 0.157. The Morgan fingerprint density at radius 3 is 2.21 bits per heavy atom. The highest BCUT2D eigenvalue weighted by atomic mass is 19.1. The number of pyridine rings is 1. The Labute approximate surface area is 192 Å². The van der Waals surface area contributed by atoms with Gasteiger partial charge in [0.25, 0.3) is 11.8 Å². The van der Waals surface area contributed by atoms with Gasteiger partial charge in [-0.2, -0.15) is 9.89 Å². The number of amides is 3. The van der Waals surface area contributed by atoms with Gasteiger partial charge in [0.05, 0.1) is 0 Å². The maximum Gasteiger partial charge on any atom is 0.425 e. The molecule has 4 rings (SSSR count). The molecule has 0 unspecified atom stereocenters. The number of halogens is 1. The molecule has 0 aliphatic rings. The van der Waals surface area contributed by atoms with Gasteiger partial charge in [-0.1, -0.05) is 42.5 Å². The maximum atomic E-state index is 14.0. The van der Waals surface area contributed by atoms with Gasteiger partial charge < -0.3 is 5.11 Å². The molecule has 2 heterocycles. The smallest absolute Gasteiger partial charge is 0.425 e. The SMILES string of the molecule is O=C(O)Nn1nc(-c2cccc(F)c2)c(-c2ccccc2)c1C(=O)NNC(=O)c1ccncc1. The number of benzene rings is 2. The van der Waals surface area contributed by atoms with Crippen LogP contribution in [0.15, 0.2) is 79.1 Å². The van der Waals surface area contributed by atoms with E-state index in [1.54, 1.807) is 36.4 Å². The molecule has 0 spiro atoms. The summed E-state index contributed by atoms with van der Waals surface area (Å²) in [5, 5.41) is 13.5. The second kappa shape index (κ2) is 9.61. The molecular formula is C23H17FN6O4. The van der Waals surface area contributed by atoms with Crippen LogP contribution in [0.3, 0.4) is 0 Å². The lowest BCUT2D eigenvalue weighted by Gasteiger charge is -2.11. The Bertz CT molecular complexity index is 1360. The lowest BCUT2D eigenvalue weighted by molar-refractivity contribution is 0.0841. The van der Waals surface area contributed by atoms with E-state index in [-0.39, 0.29) is 22.5 Å². The van der Waals surface area contributed by atoms with Crippen molar-refractivity contribution in [1.29, 1.82) is 0 Å². The first-order valence-electron chi connectivity index (χ1n) is 9.89. The highest BCUT2D eigenvalue weighted by Crippen LogP contribution is 2.34. The Balaban J connectivity index is 1.80. The van der Waals surface area contributed by atoms with E-state index in [2.05, 4.69) is 20.9 Å². The van der Waals surface area contributed by atoms with Gasteiger partial charge >= 0.3 is 6.09 Å². The molecular weight excluding hydrogens is 443 g/mol. The highest BCUT2D eigenvalue weighted by molar-refractivity contribution is 6.05. The van der Waals surface area contributed by atoms with Crippen LogP contribution in [0.4, 0.5) is 9.18 Å². The number of aromatic nitrogens is 3. The van der Waals surface area contributed by atoms with Gasteiger partial charge in [-0.25, -0.2) is 14.6 Å². The van der Waals surface area contributed by atoms with Crippen molar-refractivity contribution >= 4 is 17.9 Å². The number of carbonyl (C=O) groups excluding carboxylic acids is 2. The second-order valence-electron chi connectivity index (χ2n) is 6.92. The fraction of sp³-hybridized carbons (Fsp3) is 0. The van der Waals surface area contributed by atoms with E-state index < -0.39 is 23.7 Å². The predicted molar refractivity (Wildman–Crippen MR) is 120 cm³/mol. The van der Waals surface area contributed by atoms with E-state index >= 15 is 0 Å². The van der Waals surface area contributed by atoms with Crippen LogP contribution < -0.4 is 16.3 Å². The minimum atomic E-state index is -1.48. The predicted octanol–water partition coefficient (Wildman–Crippen LogP) is 3.05. The molecule has 0 bridgehead atoms. The lowest BCUT2D eigenvalue weighted by Crippen LogP contribution is -2.43. The number of carboxylic acid groups (broad SMARTS) is 1. The Morgan fingerprint density at radius 1 is 0.853 bits per heavy atom. The van der Waals surface area contributed by atoms with Gasteiger partial charge in [-0.15, -0.1) is 0 Å². The molecule has 0 aliphatic carbocycles. The molecule has 3 amide bonds. The summed E-state index contributed by atoms with van der Waals surface area (Å²) in [5.41, 5.74) is 7.83. The van der Waals surface area contributed by atoms with Crippen molar-refractivity contribution in [2.45, 2.75) is 0 Å². The number of rotatable bonds is 5. The largest absolute Gasteiger partial charge is 0.464 e. The molecule has 0 aliphatic heterocycles. The van der Waals surface area contributed by atoms with Gasteiger partial charge in [0, 0.05) is 29.1 Å². The summed E-state index contributed by atoms with van der Waals surface area (Å²) < 4.78 is 14.0. The molecule has 4 N–H and O–H groups in total. The van der Waals surface area contributed by atoms with Crippen LogP contribution in [0.5, 0.6) is 0 Å². The van der Waals surface area contributed by atoms with Crippen LogP contribution >= 0.6 is 0 Å². The average molecular weight is 460 g/mol. The minimum Gasteiger partial charge on any atom is -0.464 e. The van der Waals surface area contributed by atoms with Gasteiger partial charge in [0.2, 0.25) is 0 Å². The first-order chi connectivity index (χ1) is 16.4. The van der Waals surface area contributed by atoms with Crippen molar-refractivity contribution in [2.24, 2.45) is 0 Å². The number of hydrogen-bond donors (Lipinski definition) is 4. The number of hydrogen-bond acceptors (Lipinski definition) is 5. The van der Waals surface area contributed by atoms with Crippen molar-refractivity contribution in [2.75, 3.05) is 5.43 Å². The zero-order valence-electron chi connectivity index (χ0n) is 17.4. The van der Waals surface area contributed by atoms with E-state index in [1.807, 2.05) is 5.43 Å². The van der Waals surface area contributed by atoms with Gasteiger partial charge in [0.1, 0.15) is 11.5 Å². The summed E-state index contributed by atoms with van der Waals surface area (Å²) in [6.45, 7) is 0. The van der Waals surface area contributed by atoms with Crippen LogP contribution in [0.1, 0.15) is 20.8 Å². The molecule has 2 aromatic carbocycles. The summed E-state index contributed by atoms with van der Waals surface area (Å²) >= 11 is 0. The zero-order chi connectivity index (χ0) is 24.1. The van der Waals surface area contributed by atoms with Crippen molar-refractivity contribution in [1.82, 2.24) is 25.7 Å². The number of nitrogens with one attached hydrogen (secondary N) is 3. The molecule has 0 atom stereocenters. The van der Waals surface area contributed by atoms with Crippen LogP contribution in [0.2, 0.25) is 0 Å². The lowest BCUT2D eigenvalue weighted by atomic mass is 9.98. The third-order valence-corrected chi connectivity index (χ3v) is 4.69. The van der Waals surface area contributed by atoms with Crippen LogP contribution in [-0.2, 0) is 0 Å². The molecule has 34 heavy (non-hydrogen) atoms. The molecule has 2 aromatic heterocycles. The summed E-state index contributed by atoms with van der Waals surface area (Å²) in [6.07, 6.45) is 1.35. The van der Waals surface area contributed by atoms with E-state index in [4.69, 9.17) is 0 Å². The average Bonchev–Trinajstić information content (AvgIpc) is 3.22. The summed E-state index contributed by atoms with van der Waals surface area (Å²) in [6, 6.07) is 17.0. The van der Waals surface area contributed by atoms with Gasteiger partial charge in [-0.3, -0.25) is 25.4 Å². The first kappa shape index (κ1) is 22.1. The second-order valence-corrected chi connectivity index (χ2v) is 6.92. The Kier molecular flexibility index (Phi) is 6.26. The zero-order valence-corrected chi connectivity index (χ0v) is 17.4.